The molecule has 0 bridgehead atoms. The van der Waals surface area contributed by atoms with Crippen LogP contribution in [0.1, 0.15) is 16.7 Å². The molecule has 10 nitrogen and oxygen atoms in total. The molecule has 5 heterocycles. The molecule has 0 aliphatic carbocycles. The molecule has 7 rings (SSSR count). The molecule has 5 aromatic heterocycles. The molecule has 0 spiro atoms. The van der Waals surface area contributed by atoms with E-state index in [0.717, 1.165) is 57.2 Å². The van der Waals surface area contributed by atoms with Gasteiger partial charge in [0.1, 0.15) is 11.5 Å². The summed E-state index contributed by atoms with van der Waals surface area (Å²) in [6.07, 6.45) is 8.18. The largest absolute Gasteiger partial charge is 0.338 e. The maximum absolute atomic E-state index is 14.6. The third-order valence-corrected chi connectivity index (χ3v) is 8.32. The van der Waals surface area contributed by atoms with E-state index in [1.54, 1.807) is 18.5 Å². The molecule has 4 N–H and O–H groups in total. The van der Waals surface area contributed by atoms with E-state index in [4.69, 9.17) is 0 Å². The van der Waals surface area contributed by atoms with Crippen LogP contribution in [0, 0.1) is 5.82 Å². The van der Waals surface area contributed by atoms with Crippen LogP contribution < -0.4 is 10.0 Å². The lowest BCUT2D eigenvalue weighted by Gasteiger charge is -2.08. The lowest BCUT2D eigenvalue weighted by atomic mass is 10.0. The van der Waals surface area contributed by atoms with Crippen LogP contribution in [0.4, 0.5) is 4.39 Å². The van der Waals surface area contributed by atoms with Crippen LogP contribution in [-0.2, 0) is 29.7 Å². The summed E-state index contributed by atoms with van der Waals surface area (Å²) in [6.45, 7) is 1.42. The summed E-state index contributed by atoms with van der Waals surface area (Å²) in [7, 11) is -3.43. The molecule has 0 amide bonds. The van der Waals surface area contributed by atoms with Crippen LogP contribution in [0.15, 0.2) is 97.6 Å². The maximum atomic E-state index is 14.6. The van der Waals surface area contributed by atoms with Crippen molar-refractivity contribution in [3.8, 4) is 33.6 Å². The van der Waals surface area contributed by atoms with Gasteiger partial charge in [0.15, 0.2) is 5.65 Å². The van der Waals surface area contributed by atoms with Crippen molar-refractivity contribution in [3.05, 3.63) is 120 Å². The second kappa shape index (κ2) is 12.2. The first kappa shape index (κ1) is 29.4. The summed E-state index contributed by atoms with van der Waals surface area (Å²) in [5, 5.41) is 12.6. The van der Waals surface area contributed by atoms with Gasteiger partial charge >= 0.3 is 0 Å². The van der Waals surface area contributed by atoms with Crippen molar-refractivity contribution >= 4 is 32.1 Å². The highest BCUT2D eigenvalue weighted by Crippen LogP contribution is 2.34. The zero-order chi connectivity index (χ0) is 31.7. The highest BCUT2D eigenvalue weighted by Gasteiger charge is 2.16. The summed E-state index contributed by atoms with van der Waals surface area (Å²) in [5.41, 5.74) is 8.62. The number of hydrogen-bond donors (Lipinski definition) is 4. The van der Waals surface area contributed by atoms with Gasteiger partial charge in [0, 0.05) is 66.3 Å². The van der Waals surface area contributed by atoms with Gasteiger partial charge in [-0.25, -0.2) is 27.5 Å². The van der Waals surface area contributed by atoms with Gasteiger partial charge in [-0.05, 0) is 70.3 Å². The minimum atomic E-state index is -3.43. The monoisotopic (exact) mass is 632 g/mol. The summed E-state index contributed by atoms with van der Waals surface area (Å²) in [6, 6.07) is 22.6. The summed E-state index contributed by atoms with van der Waals surface area (Å²) < 4.78 is 40.2. The fourth-order valence-corrected chi connectivity index (χ4v) is 5.92. The van der Waals surface area contributed by atoms with E-state index in [-0.39, 0.29) is 6.54 Å². The maximum Gasteiger partial charge on any atom is 0.209 e. The number of pyridine rings is 3. The third kappa shape index (κ3) is 6.40. The van der Waals surface area contributed by atoms with E-state index in [2.05, 4.69) is 58.4 Å². The average Bonchev–Trinajstić information content (AvgIpc) is 3.68. The molecule has 12 heteroatoms. The number of aromatic amines is 2. The van der Waals surface area contributed by atoms with Crippen LogP contribution in [-0.4, -0.2) is 44.8 Å². The number of nitrogens with zero attached hydrogens (tertiary/aromatic N) is 4. The number of rotatable bonds is 10. The average molecular weight is 633 g/mol. The normalized spacial score (nSPS) is 11.9. The summed E-state index contributed by atoms with van der Waals surface area (Å²) in [4.78, 5) is 16.9. The molecular formula is C34H29FN8O2S. The molecule has 0 unspecified atom stereocenters. The molecule has 0 atom stereocenters. The zero-order valence-corrected chi connectivity index (χ0v) is 25.6. The van der Waals surface area contributed by atoms with Crippen LogP contribution in [0.25, 0.3) is 55.7 Å². The first-order chi connectivity index (χ1) is 22.3. The van der Waals surface area contributed by atoms with Gasteiger partial charge in [0.25, 0.3) is 0 Å². The first-order valence-corrected chi connectivity index (χ1v) is 16.4. The zero-order valence-electron chi connectivity index (χ0n) is 24.8. The van der Waals surface area contributed by atoms with E-state index in [9.17, 15) is 12.8 Å². The molecule has 0 saturated carbocycles. The molecule has 7 aromatic rings. The Labute approximate surface area is 264 Å². The second-order valence-electron chi connectivity index (χ2n) is 11.1. The van der Waals surface area contributed by atoms with Gasteiger partial charge in [0.05, 0.1) is 17.6 Å². The number of nitrogens with one attached hydrogen (secondary N) is 4. The van der Waals surface area contributed by atoms with E-state index in [0.29, 0.717) is 29.0 Å². The number of benzene rings is 2. The van der Waals surface area contributed by atoms with Gasteiger partial charge in [-0.2, -0.15) is 5.10 Å². The van der Waals surface area contributed by atoms with Crippen molar-refractivity contribution in [2.45, 2.75) is 19.6 Å². The Morgan fingerprint density at radius 2 is 1.59 bits per heavy atom. The number of halogens is 1. The van der Waals surface area contributed by atoms with Crippen LogP contribution in [0.5, 0.6) is 0 Å². The van der Waals surface area contributed by atoms with Crippen LogP contribution >= 0.6 is 0 Å². The fraction of sp³-hybridized carbons (Fsp3) is 0.118. The Bertz CT molecular complexity index is 2300. The van der Waals surface area contributed by atoms with Crippen molar-refractivity contribution in [1.82, 2.24) is 40.2 Å². The Balaban J connectivity index is 1.19. The van der Waals surface area contributed by atoms with Crippen molar-refractivity contribution in [3.63, 3.8) is 0 Å². The van der Waals surface area contributed by atoms with Crippen molar-refractivity contribution < 1.29 is 12.8 Å². The molecule has 0 fully saturated rings. The smallest absolute Gasteiger partial charge is 0.209 e. The number of sulfonamides is 1. The highest BCUT2D eigenvalue weighted by molar-refractivity contribution is 7.88. The Kier molecular flexibility index (Phi) is 7.83. The number of hydrogen-bond acceptors (Lipinski definition) is 7. The third-order valence-electron chi connectivity index (χ3n) is 7.65. The van der Waals surface area contributed by atoms with Crippen LogP contribution in [0.3, 0.4) is 0 Å². The Morgan fingerprint density at radius 3 is 2.43 bits per heavy atom. The molecule has 0 aliphatic heterocycles. The van der Waals surface area contributed by atoms with Crippen LogP contribution in [0.2, 0.25) is 0 Å². The molecule has 0 radical (unpaired) electrons. The van der Waals surface area contributed by atoms with E-state index < -0.39 is 15.8 Å². The minimum absolute atomic E-state index is 0.0195. The van der Waals surface area contributed by atoms with Crippen molar-refractivity contribution in [2.75, 3.05) is 6.26 Å². The van der Waals surface area contributed by atoms with Gasteiger partial charge in [-0.1, -0.05) is 30.3 Å². The molecular weight excluding hydrogens is 603 g/mol. The Hall–Kier alpha value is -5.30. The fourth-order valence-electron chi connectivity index (χ4n) is 5.49. The highest BCUT2D eigenvalue weighted by atomic mass is 32.2. The van der Waals surface area contributed by atoms with Gasteiger partial charge in [-0.15, -0.1) is 0 Å². The molecule has 46 heavy (non-hydrogen) atoms. The topological polar surface area (TPSA) is 141 Å². The number of aromatic nitrogens is 6. The van der Waals surface area contributed by atoms with Crippen molar-refractivity contribution in [2.24, 2.45) is 0 Å². The van der Waals surface area contributed by atoms with E-state index >= 15 is 0 Å². The van der Waals surface area contributed by atoms with Gasteiger partial charge in [-0.3, -0.25) is 10.1 Å². The minimum Gasteiger partial charge on any atom is -0.338 e. The molecule has 2 aromatic carbocycles. The van der Waals surface area contributed by atoms with Crippen molar-refractivity contribution in [1.29, 1.82) is 0 Å². The summed E-state index contributed by atoms with van der Waals surface area (Å²) in [5.74, 6) is -0.466. The predicted molar refractivity (Wildman–Crippen MR) is 176 cm³/mol. The number of H-pyrrole nitrogens is 2. The SMILES string of the molecule is CS(=O)(=O)NCc1cc(F)cc(-c2ccnc3[nH]c(-c4[nH]nc5ncc(-c6cncc(CNCc7ccccc7)c6)cc45)cc23)c1. The lowest BCUT2D eigenvalue weighted by Crippen LogP contribution is -2.21. The predicted octanol–water partition coefficient (Wildman–Crippen LogP) is 5.71. The van der Waals surface area contributed by atoms with E-state index in [1.807, 2.05) is 48.8 Å². The quantitative estimate of drug-likeness (QED) is 0.151. The van der Waals surface area contributed by atoms with Gasteiger partial charge in [0.2, 0.25) is 10.0 Å². The lowest BCUT2D eigenvalue weighted by molar-refractivity contribution is 0.586. The van der Waals surface area contributed by atoms with Gasteiger partial charge < -0.3 is 10.3 Å². The first-order valence-electron chi connectivity index (χ1n) is 14.5. The Morgan fingerprint density at radius 1 is 0.783 bits per heavy atom. The standard InChI is InChI=1S/C34H29FN8O2S/c1-46(44,45)40-18-22-9-24(12-27(35)11-22)28-7-8-38-33-29(28)14-31(41-33)32-30-13-26(20-39-34(30)43-42-32)25-10-23(17-37-19-25)16-36-15-21-5-3-2-4-6-21/h2-14,17,19-20,36,40H,15-16,18H2,1H3,(H,38,41)(H,39,42,43). The second-order valence-corrected chi connectivity index (χ2v) is 12.9. The van der Waals surface area contributed by atoms with E-state index in [1.165, 1.54) is 17.7 Å². The summed E-state index contributed by atoms with van der Waals surface area (Å²) >= 11 is 0. The molecule has 0 saturated heterocycles. The number of fused-ring (bicyclic) bond motifs is 2. The molecule has 0 aliphatic rings. The molecule has 230 valence electrons.